The average Bonchev–Trinajstić information content (AvgIpc) is 2.63. The van der Waals surface area contributed by atoms with Crippen LogP contribution in [0.3, 0.4) is 0 Å². The molecule has 0 saturated heterocycles. The van der Waals surface area contributed by atoms with E-state index < -0.39 is 0 Å². The number of rotatable bonds is 5. The summed E-state index contributed by atoms with van der Waals surface area (Å²) in [7, 11) is 6.23. The third-order valence-corrected chi connectivity index (χ3v) is 2.85. The zero-order valence-corrected chi connectivity index (χ0v) is 10.8. The minimum Gasteiger partial charge on any atom is -0.356 e. The van der Waals surface area contributed by atoms with E-state index in [1.165, 1.54) is 5.52 Å². The average molecular weight is 232 g/mol. The van der Waals surface area contributed by atoms with Gasteiger partial charge in [-0.3, -0.25) is 0 Å². The minimum atomic E-state index is 0.949. The Labute approximate surface area is 102 Å². The molecule has 92 valence electrons. The molecule has 0 amide bonds. The van der Waals surface area contributed by atoms with Gasteiger partial charge in [-0.2, -0.15) is 0 Å². The second-order valence-electron chi connectivity index (χ2n) is 4.57. The van der Waals surface area contributed by atoms with Crippen molar-refractivity contribution in [2.45, 2.75) is 6.42 Å². The lowest BCUT2D eigenvalue weighted by Crippen LogP contribution is -2.17. The molecular weight excluding hydrogens is 212 g/mol. The highest BCUT2D eigenvalue weighted by Crippen LogP contribution is 2.17. The molecule has 0 bridgehead atoms. The smallest absolute Gasteiger partial charge is 0.203 e. The van der Waals surface area contributed by atoms with E-state index in [-0.39, 0.29) is 0 Å². The number of para-hydroxylation sites is 2. The Morgan fingerprint density at radius 2 is 2.06 bits per heavy atom. The van der Waals surface area contributed by atoms with Crippen LogP contribution in [0, 0.1) is 0 Å². The van der Waals surface area contributed by atoms with E-state index >= 15 is 0 Å². The molecule has 2 rings (SSSR count). The van der Waals surface area contributed by atoms with Crippen LogP contribution in [-0.4, -0.2) is 41.6 Å². The maximum Gasteiger partial charge on any atom is 0.203 e. The topological polar surface area (TPSA) is 33.1 Å². The van der Waals surface area contributed by atoms with Crippen LogP contribution in [0.15, 0.2) is 24.3 Å². The number of benzene rings is 1. The van der Waals surface area contributed by atoms with Gasteiger partial charge >= 0.3 is 0 Å². The summed E-state index contributed by atoms with van der Waals surface area (Å²) >= 11 is 0. The number of nitrogens with one attached hydrogen (secondary N) is 1. The van der Waals surface area contributed by atoms with Gasteiger partial charge in [-0.25, -0.2) is 4.98 Å². The largest absolute Gasteiger partial charge is 0.356 e. The Hall–Kier alpha value is -1.55. The van der Waals surface area contributed by atoms with Crippen molar-refractivity contribution in [3.63, 3.8) is 0 Å². The molecule has 17 heavy (non-hydrogen) atoms. The molecule has 0 saturated carbocycles. The zero-order valence-electron chi connectivity index (χ0n) is 10.8. The van der Waals surface area contributed by atoms with E-state index in [1.807, 2.05) is 25.2 Å². The first-order valence-corrected chi connectivity index (χ1v) is 5.98. The number of imidazole rings is 1. The van der Waals surface area contributed by atoms with Crippen LogP contribution in [-0.2, 0) is 7.05 Å². The van der Waals surface area contributed by atoms with Gasteiger partial charge in [0.05, 0.1) is 11.0 Å². The Balaban J connectivity index is 2.01. The molecule has 2 aromatic rings. The second-order valence-corrected chi connectivity index (χ2v) is 4.57. The number of nitrogens with zero attached hydrogens (tertiary/aromatic N) is 3. The molecule has 0 radical (unpaired) electrons. The molecule has 1 aromatic heterocycles. The van der Waals surface area contributed by atoms with Gasteiger partial charge in [-0.15, -0.1) is 0 Å². The van der Waals surface area contributed by atoms with Crippen LogP contribution in [0.4, 0.5) is 5.95 Å². The van der Waals surface area contributed by atoms with Crippen LogP contribution in [0.5, 0.6) is 0 Å². The fourth-order valence-corrected chi connectivity index (χ4v) is 1.90. The first-order valence-electron chi connectivity index (χ1n) is 5.98. The summed E-state index contributed by atoms with van der Waals surface area (Å²) in [5.41, 5.74) is 2.22. The van der Waals surface area contributed by atoms with Crippen molar-refractivity contribution in [1.82, 2.24) is 14.5 Å². The molecule has 0 aliphatic rings. The van der Waals surface area contributed by atoms with Gasteiger partial charge < -0.3 is 14.8 Å². The van der Waals surface area contributed by atoms with E-state index in [2.05, 4.69) is 39.9 Å². The SMILES string of the molecule is CN(C)CCCNc1nc2ccccc2n1C. The molecule has 0 unspecified atom stereocenters. The van der Waals surface area contributed by atoms with Crippen LogP contribution in [0.25, 0.3) is 11.0 Å². The Morgan fingerprint density at radius 1 is 1.29 bits per heavy atom. The van der Waals surface area contributed by atoms with Crippen LogP contribution < -0.4 is 5.32 Å². The molecule has 1 aromatic carbocycles. The van der Waals surface area contributed by atoms with Gasteiger partial charge in [0, 0.05) is 13.6 Å². The molecule has 4 heteroatoms. The number of fused-ring (bicyclic) bond motifs is 1. The quantitative estimate of drug-likeness (QED) is 0.800. The van der Waals surface area contributed by atoms with E-state index in [9.17, 15) is 0 Å². The molecule has 0 aliphatic heterocycles. The van der Waals surface area contributed by atoms with Crippen molar-refractivity contribution in [2.24, 2.45) is 7.05 Å². The standard InChI is InChI=1S/C13H20N4/c1-16(2)10-6-9-14-13-15-11-7-4-5-8-12(11)17(13)3/h4-5,7-8H,6,9-10H2,1-3H3,(H,14,15). The third-order valence-electron chi connectivity index (χ3n) is 2.85. The Kier molecular flexibility index (Phi) is 3.64. The van der Waals surface area contributed by atoms with Crippen molar-refractivity contribution in [2.75, 3.05) is 32.5 Å². The van der Waals surface area contributed by atoms with Crippen LogP contribution in [0.2, 0.25) is 0 Å². The Morgan fingerprint density at radius 3 is 2.76 bits per heavy atom. The molecule has 0 fully saturated rings. The summed E-state index contributed by atoms with van der Waals surface area (Å²) in [6, 6.07) is 8.19. The van der Waals surface area contributed by atoms with Crippen molar-refractivity contribution >= 4 is 17.0 Å². The van der Waals surface area contributed by atoms with E-state index in [0.717, 1.165) is 31.0 Å². The molecule has 1 heterocycles. The molecule has 1 N–H and O–H groups in total. The first-order chi connectivity index (χ1) is 8.18. The molecule has 0 aliphatic carbocycles. The molecule has 0 spiro atoms. The highest BCUT2D eigenvalue weighted by molar-refractivity contribution is 5.78. The van der Waals surface area contributed by atoms with Gasteiger partial charge in [0.25, 0.3) is 0 Å². The van der Waals surface area contributed by atoms with Gasteiger partial charge in [0.2, 0.25) is 5.95 Å². The van der Waals surface area contributed by atoms with E-state index in [4.69, 9.17) is 0 Å². The minimum absolute atomic E-state index is 0.949. The lowest BCUT2D eigenvalue weighted by atomic mass is 10.3. The van der Waals surface area contributed by atoms with Crippen molar-refractivity contribution in [3.05, 3.63) is 24.3 Å². The normalized spacial score (nSPS) is 11.3. The maximum atomic E-state index is 4.57. The summed E-state index contributed by atoms with van der Waals surface area (Å²) < 4.78 is 2.10. The predicted octanol–water partition coefficient (Wildman–Crippen LogP) is 1.94. The van der Waals surface area contributed by atoms with Crippen molar-refractivity contribution < 1.29 is 0 Å². The summed E-state index contributed by atoms with van der Waals surface area (Å²) in [5, 5.41) is 3.38. The van der Waals surface area contributed by atoms with E-state index in [1.54, 1.807) is 0 Å². The fraction of sp³-hybridized carbons (Fsp3) is 0.462. The highest BCUT2D eigenvalue weighted by Gasteiger charge is 2.05. The number of aryl methyl sites for hydroxylation is 1. The number of aromatic nitrogens is 2. The van der Waals surface area contributed by atoms with Gasteiger partial charge in [0.1, 0.15) is 0 Å². The number of hydrogen-bond acceptors (Lipinski definition) is 3. The fourth-order valence-electron chi connectivity index (χ4n) is 1.90. The predicted molar refractivity (Wildman–Crippen MR) is 72.4 cm³/mol. The summed E-state index contributed by atoms with van der Waals surface area (Å²) in [4.78, 5) is 6.76. The van der Waals surface area contributed by atoms with Crippen LogP contribution >= 0.6 is 0 Å². The monoisotopic (exact) mass is 232 g/mol. The molecule has 0 atom stereocenters. The van der Waals surface area contributed by atoms with Gasteiger partial charge in [-0.05, 0) is 39.2 Å². The molecule has 4 nitrogen and oxygen atoms in total. The maximum absolute atomic E-state index is 4.57. The lowest BCUT2D eigenvalue weighted by Gasteiger charge is -2.10. The second kappa shape index (κ2) is 5.19. The van der Waals surface area contributed by atoms with Crippen molar-refractivity contribution in [3.8, 4) is 0 Å². The number of anilines is 1. The van der Waals surface area contributed by atoms with Crippen molar-refractivity contribution in [1.29, 1.82) is 0 Å². The Bertz CT molecular complexity index is 487. The third kappa shape index (κ3) is 2.77. The number of hydrogen-bond donors (Lipinski definition) is 1. The first kappa shape index (κ1) is 11.9. The van der Waals surface area contributed by atoms with Gasteiger partial charge in [0.15, 0.2) is 0 Å². The highest BCUT2D eigenvalue weighted by atomic mass is 15.2. The van der Waals surface area contributed by atoms with E-state index in [0.29, 0.717) is 0 Å². The molecular formula is C13H20N4. The zero-order chi connectivity index (χ0) is 12.3. The van der Waals surface area contributed by atoms with Gasteiger partial charge in [-0.1, -0.05) is 12.1 Å². The summed E-state index contributed by atoms with van der Waals surface area (Å²) in [6.07, 6.45) is 1.12. The summed E-state index contributed by atoms with van der Waals surface area (Å²) in [6.45, 7) is 2.05. The summed E-state index contributed by atoms with van der Waals surface area (Å²) in [5.74, 6) is 0.949. The lowest BCUT2D eigenvalue weighted by molar-refractivity contribution is 0.405. The van der Waals surface area contributed by atoms with Crippen LogP contribution in [0.1, 0.15) is 6.42 Å².